The maximum Gasteiger partial charge on any atom is 0.121 e. The molecule has 0 bridgehead atoms. The molecular formula is C12H16BrNO. The van der Waals surface area contributed by atoms with Crippen LogP contribution < -0.4 is 5.32 Å². The third-order valence-corrected chi connectivity index (χ3v) is 3.47. The van der Waals surface area contributed by atoms with E-state index in [1.54, 1.807) is 0 Å². The van der Waals surface area contributed by atoms with E-state index in [-0.39, 0.29) is 0 Å². The Kier molecular flexibility index (Phi) is 3.32. The van der Waals surface area contributed by atoms with Gasteiger partial charge < -0.3 is 10.4 Å². The Bertz CT molecular complexity index is 359. The van der Waals surface area contributed by atoms with Crippen molar-refractivity contribution in [2.24, 2.45) is 5.92 Å². The summed E-state index contributed by atoms with van der Waals surface area (Å²) in [6, 6.07) is 3.98. The highest BCUT2D eigenvalue weighted by atomic mass is 79.9. The van der Waals surface area contributed by atoms with Gasteiger partial charge >= 0.3 is 0 Å². The van der Waals surface area contributed by atoms with Gasteiger partial charge in [-0.15, -0.1) is 0 Å². The maximum atomic E-state index is 9.94. The summed E-state index contributed by atoms with van der Waals surface area (Å²) >= 11 is 3.47. The second-order valence-corrected chi connectivity index (χ2v) is 5.21. The van der Waals surface area contributed by atoms with Crippen LogP contribution in [0.5, 0.6) is 5.75 Å². The first-order valence-electron chi connectivity index (χ1n) is 5.35. The van der Waals surface area contributed by atoms with Crippen LogP contribution in [0.1, 0.15) is 17.5 Å². The van der Waals surface area contributed by atoms with Crippen LogP contribution in [0.4, 0.5) is 0 Å². The average Bonchev–Trinajstić information content (AvgIpc) is 2.66. The Morgan fingerprint density at radius 1 is 1.53 bits per heavy atom. The highest BCUT2D eigenvalue weighted by molar-refractivity contribution is 9.10. The highest BCUT2D eigenvalue weighted by Gasteiger charge is 2.17. The number of phenols is 1. The van der Waals surface area contributed by atoms with Crippen molar-refractivity contribution in [2.45, 2.75) is 19.8 Å². The molecule has 1 unspecified atom stereocenters. The van der Waals surface area contributed by atoms with Gasteiger partial charge in [0.2, 0.25) is 0 Å². The summed E-state index contributed by atoms with van der Waals surface area (Å²) in [5, 5.41) is 13.3. The Balaban J connectivity index is 2.19. The molecule has 1 aromatic carbocycles. The van der Waals surface area contributed by atoms with Crippen LogP contribution in [0.3, 0.4) is 0 Å². The molecular weight excluding hydrogens is 254 g/mol. The van der Waals surface area contributed by atoms with Crippen molar-refractivity contribution >= 4 is 15.9 Å². The number of halogens is 1. The van der Waals surface area contributed by atoms with Gasteiger partial charge in [0.15, 0.2) is 0 Å². The molecule has 0 radical (unpaired) electrons. The van der Waals surface area contributed by atoms with Gasteiger partial charge in [-0.1, -0.05) is 15.9 Å². The fraction of sp³-hybridized carbons (Fsp3) is 0.500. The number of rotatable bonds is 2. The first-order chi connectivity index (χ1) is 7.16. The molecule has 0 spiro atoms. The van der Waals surface area contributed by atoms with Gasteiger partial charge in [0.25, 0.3) is 0 Å². The quantitative estimate of drug-likeness (QED) is 0.865. The number of aryl methyl sites for hydroxylation is 1. The van der Waals surface area contributed by atoms with Crippen molar-refractivity contribution in [3.05, 3.63) is 27.7 Å². The standard InChI is InChI=1S/C12H16BrNO/c1-8-4-11(13)6-10(12(8)15)5-9-2-3-14-7-9/h4,6,9,14-15H,2-3,5,7H2,1H3. The van der Waals surface area contributed by atoms with E-state index >= 15 is 0 Å². The van der Waals surface area contributed by atoms with Crippen LogP contribution in [0.25, 0.3) is 0 Å². The van der Waals surface area contributed by atoms with Crippen molar-refractivity contribution < 1.29 is 5.11 Å². The molecule has 1 heterocycles. The minimum absolute atomic E-state index is 0.463. The van der Waals surface area contributed by atoms with Crippen LogP contribution >= 0.6 is 15.9 Å². The Hall–Kier alpha value is -0.540. The van der Waals surface area contributed by atoms with Crippen molar-refractivity contribution in [2.75, 3.05) is 13.1 Å². The van der Waals surface area contributed by atoms with Crippen LogP contribution in [-0.2, 0) is 6.42 Å². The lowest BCUT2D eigenvalue weighted by atomic mass is 9.97. The molecule has 1 aliphatic heterocycles. The maximum absolute atomic E-state index is 9.94. The molecule has 15 heavy (non-hydrogen) atoms. The smallest absolute Gasteiger partial charge is 0.121 e. The monoisotopic (exact) mass is 269 g/mol. The zero-order chi connectivity index (χ0) is 10.8. The van der Waals surface area contributed by atoms with E-state index < -0.39 is 0 Å². The lowest BCUT2D eigenvalue weighted by Crippen LogP contribution is -2.10. The molecule has 2 N–H and O–H groups in total. The molecule has 82 valence electrons. The Morgan fingerprint density at radius 3 is 3.00 bits per heavy atom. The number of hydrogen-bond acceptors (Lipinski definition) is 2. The summed E-state index contributed by atoms with van der Waals surface area (Å²) in [5.74, 6) is 1.13. The van der Waals surface area contributed by atoms with E-state index in [1.165, 1.54) is 6.42 Å². The van der Waals surface area contributed by atoms with E-state index in [0.29, 0.717) is 11.7 Å². The van der Waals surface area contributed by atoms with Gasteiger partial charge in [-0.05, 0) is 62.0 Å². The van der Waals surface area contributed by atoms with Crippen molar-refractivity contribution in [1.29, 1.82) is 0 Å². The van der Waals surface area contributed by atoms with E-state index in [0.717, 1.165) is 35.1 Å². The van der Waals surface area contributed by atoms with Gasteiger partial charge in [-0.25, -0.2) is 0 Å². The molecule has 2 nitrogen and oxygen atoms in total. The largest absolute Gasteiger partial charge is 0.507 e. The predicted octanol–water partition coefficient (Wildman–Crippen LogP) is 2.62. The summed E-state index contributed by atoms with van der Waals surface area (Å²) in [6.07, 6.45) is 2.18. The molecule has 1 saturated heterocycles. The minimum Gasteiger partial charge on any atom is -0.507 e. The Morgan fingerprint density at radius 2 is 2.33 bits per heavy atom. The highest BCUT2D eigenvalue weighted by Crippen LogP contribution is 2.29. The van der Waals surface area contributed by atoms with Gasteiger partial charge in [-0.3, -0.25) is 0 Å². The minimum atomic E-state index is 0.463. The second-order valence-electron chi connectivity index (χ2n) is 4.29. The molecule has 0 aliphatic carbocycles. The van der Waals surface area contributed by atoms with E-state index in [1.807, 2.05) is 19.1 Å². The topological polar surface area (TPSA) is 32.3 Å². The van der Waals surface area contributed by atoms with Crippen LogP contribution in [0, 0.1) is 12.8 Å². The van der Waals surface area contributed by atoms with Gasteiger partial charge in [0.1, 0.15) is 5.75 Å². The predicted molar refractivity (Wildman–Crippen MR) is 65.2 cm³/mol. The van der Waals surface area contributed by atoms with Gasteiger partial charge in [-0.2, -0.15) is 0 Å². The first kappa shape index (κ1) is 11.0. The van der Waals surface area contributed by atoms with E-state index in [2.05, 4.69) is 21.2 Å². The molecule has 1 aliphatic rings. The van der Waals surface area contributed by atoms with Gasteiger partial charge in [0.05, 0.1) is 0 Å². The molecule has 1 aromatic rings. The molecule has 0 amide bonds. The normalized spacial score (nSPS) is 20.8. The SMILES string of the molecule is Cc1cc(Br)cc(CC2CCNC2)c1O. The van der Waals surface area contributed by atoms with E-state index in [4.69, 9.17) is 0 Å². The number of phenolic OH excluding ortho intramolecular Hbond substituents is 1. The van der Waals surface area contributed by atoms with E-state index in [9.17, 15) is 5.11 Å². The van der Waals surface area contributed by atoms with Crippen molar-refractivity contribution in [3.63, 3.8) is 0 Å². The third-order valence-electron chi connectivity index (χ3n) is 3.02. The summed E-state index contributed by atoms with van der Waals surface area (Å²) in [6.45, 7) is 4.12. The van der Waals surface area contributed by atoms with Crippen molar-refractivity contribution in [1.82, 2.24) is 5.32 Å². The fourth-order valence-electron chi connectivity index (χ4n) is 2.16. The summed E-state index contributed by atoms with van der Waals surface area (Å²) in [4.78, 5) is 0. The summed E-state index contributed by atoms with van der Waals surface area (Å²) in [7, 11) is 0. The number of benzene rings is 1. The summed E-state index contributed by atoms with van der Waals surface area (Å²) in [5.41, 5.74) is 2.01. The van der Waals surface area contributed by atoms with Gasteiger partial charge in [0, 0.05) is 4.47 Å². The zero-order valence-electron chi connectivity index (χ0n) is 8.89. The molecule has 2 rings (SSSR count). The van der Waals surface area contributed by atoms with Crippen LogP contribution in [0.15, 0.2) is 16.6 Å². The first-order valence-corrected chi connectivity index (χ1v) is 6.15. The summed E-state index contributed by atoms with van der Waals surface area (Å²) < 4.78 is 1.05. The fourth-order valence-corrected chi connectivity index (χ4v) is 2.78. The van der Waals surface area contributed by atoms with Crippen molar-refractivity contribution in [3.8, 4) is 5.75 Å². The lowest BCUT2D eigenvalue weighted by Gasteiger charge is -2.12. The lowest BCUT2D eigenvalue weighted by molar-refractivity contribution is 0.455. The molecule has 0 saturated carbocycles. The molecule has 1 fully saturated rings. The van der Waals surface area contributed by atoms with Crippen LogP contribution in [0.2, 0.25) is 0 Å². The number of hydrogen-bond donors (Lipinski definition) is 2. The third kappa shape index (κ3) is 2.52. The second kappa shape index (κ2) is 4.54. The molecule has 0 aromatic heterocycles. The molecule has 1 atom stereocenters. The average molecular weight is 270 g/mol. The zero-order valence-corrected chi connectivity index (χ0v) is 10.5. The van der Waals surface area contributed by atoms with Crippen LogP contribution in [-0.4, -0.2) is 18.2 Å². The number of nitrogens with one attached hydrogen (secondary N) is 1. The number of aromatic hydroxyl groups is 1. The Labute approximate surface area is 98.8 Å². The molecule has 3 heteroatoms.